The molecule has 0 saturated heterocycles. The van der Waals surface area contributed by atoms with Crippen LogP contribution in [-0.4, -0.2) is 91.4 Å². The zero-order valence-electron chi connectivity index (χ0n) is 31.8. The molecule has 3 aromatic rings. The molecule has 1 aromatic carbocycles. The van der Waals surface area contributed by atoms with Crippen LogP contribution in [0.1, 0.15) is 60.4 Å². The van der Waals surface area contributed by atoms with Gasteiger partial charge in [-0.1, -0.05) is 0 Å². The van der Waals surface area contributed by atoms with Crippen LogP contribution in [-0.2, 0) is 30.5 Å². The Kier molecular flexibility index (Phi) is 18.4. The van der Waals surface area contributed by atoms with E-state index in [0.29, 0.717) is 23.0 Å². The van der Waals surface area contributed by atoms with Crippen LogP contribution in [0.4, 0.5) is 5.69 Å². The van der Waals surface area contributed by atoms with Crippen LogP contribution in [0.5, 0.6) is 0 Å². The van der Waals surface area contributed by atoms with E-state index in [2.05, 4.69) is 58.8 Å². The van der Waals surface area contributed by atoms with E-state index in [-0.39, 0.29) is 61.5 Å². The molecule has 0 aliphatic heterocycles. The summed E-state index contributed by atoms with van der Waals surface area (Å²) in [5.41, 5.74) is 12.0. The lowest BCUT2D eigenvalue weighted by Gasteiger charge is -2.23. The van der Waals surface area contributed by atoms with Gasteiger partial charge in [0.05, 0.1) is 36.6 Å². The number of Topliss-reactive ketones (excluding diaryl/α,β-unsaturated/α-hetero) is 3. The molecule has 2 aromatic heterocycles. The minimum absolute atomic E-state index is 0.0137. The van der Waals surface area contributed by atoms with E-state index in [9.17, 15) is 33.6 Å². The van der Waals surface area contributed by atoms with Crippen molar-refractivity contribution >= 4 is 70.5 Å². The van der Waals surface area contributed by atoms with E-state index >= 15 is 0 Å². The third kappa shape index (κ3) is 14.7. The van der Waals surface area contributed by atoms with Gasteiger partial charge in [0.15, 0.2) is 34.5 Å². The third-order valence-electron chi connectivity index (χ3n) is 8.42. The molecule has 0 spiro atoms. The van der Waals surface area contributed by atoms with Crippen LogP contribution in [0.2, 0.25) is 0 Å². The number of H-pyrrole nitrogens is 1. The zero-order chi connectivity index (χ0) is 42.9. The lowest BCUT2D eigenvalue weighted by molar-refractivity contribution is -0.133. The van der Waals surface area contributed by atoms with Crippen LogP contribution in [0, 0.1) is 52.9 Å². The van der Waals surface area contributed by atoms with E-state index < -0.39 is 83.4 Å². The van der Waals surface area contributed by atoms with Gasteiger partial charge in [-0.25, -0.2) is 15.0 Å². The molecular weight excluding hydrogens is 767 g/mol. The number of nitrogens with zero attached hydrogens (tertiary/aromatic N) is 4. The number of carbonyl (C=O) groups is 6. The molecule has 3 rings (SSSR count). The van der Waals surface area contributed by atoms with Gasteiger partial charge >= 0.3 is 0 Å². The Bertz CT molecular complexity index is 2020. The number of nitrogens with two attached hydrogens (primary N) is 2. The molecule has 0 bridgehead atoms. The summed E-state index contributed by atoms with van der Waals surface area (Å²) < 4.78 is 0. The second-order valence-corrected chi connectivity index (χ2v) is 13.4. The average Bonchev–Trinajstić information content (AvgIpc) is 3.18. The maximum Gasteiger partial charge on any atom is 0.279 e. The number of aromatic nitrogens is 4. The molecule has 9 radical (unpaired) electrons. The number of aliphatic imine (C=N–C) groups is 1. The standard InChI is InChI=1S/C39H46N11O7S/c1-6-28(49-37(56)25-11-13-26(14-12-25)43-19-27-20-44-34-33(48-27)38(57)47-24(5)46-34)31(52)17-22(3)36(55)50-29(9-7-15-42-39(40)41)32(53)18-21(2)35(54)45-23(4)30(51)10-8-16-58/h1-4,8,11-14,20-23,28-29,43,58H,6-7,9-10,15-19H2,5H3,(H,45,54)(H,49,56)(H,50,55)(H4,40,41,42)(H,44,46,47,57)/t21-,22-,23+,28+,29+/m1/s1. The zero-order valence-corrected chi connectivity index (χ0v) is 32.7. The summed E-state index contributed by atoms with van der Waals surface area (Å²) in [6, 6.07) is 2.48. The van der Waals surface area contributed by atoms with Gasteiger partial charge < -0.3 is 37.7 Å². The van der Waals surface area contributed by atoms with Gasteiger partial charge in [-0.2, -0.15) is 12.6 Å². The normalized spacial score (nSPS) is 13.6. The minimum Gasteiger partial charge on any atom is -0.379 e. The number of carbonyl (C=O) groups excluding carboxylic acids is 6. The number of ketones is 3. The maximum atomic E-state index is 13.3. The Labute approximate surface area is 342 Å². The highest BCUT2D eigenvalue weighted by atomic mass is 32.1. The molecule has 3 amide bonds. The molecule has 305 valence electrons. The van der Waals surface area contributed by atoms with Crippen molar-refractivity contribution in [1.82, 2.24) is 35.9 Å². The predicted molar refractivity (Wildman–Crippen MR) is 217 cm³/mol. The topological polar surface area (TPSA) is 286 Å². The van der Waals surface area contributed by atoms with Crippen LogP contribution in [0.3, 0.4) is 0 Å². The Morgan fingerprint density at radius 1 is 0.914 bits per heavy atom. The number of fused-ring (bicyclic) bond motifs is 1. The first-order valence-electron chi connectivity index (χ1n) is 18.0. The second kappa shape index (κ2) is 22.9. The first-order chi connectivity index (χ1) is 27.5. The van der Waals surface area contributed by atoms with Crippen LogP contribution in [0.15, 0.2) is 40.2 Å². The molecule has 0 aliphatic rings. The van der Waals surface area contributed by atoms with E-state index in [4.69, 9.17) is 39.2 Å². The number of anilines is 1. The lowest BCUT2D eigenvalue weighted by atomic mass is 9.94. The van der Waals surface area contributed by atoms with Crippen molar-refractivity contribution in [2.24, 2.45) is 28.3 Å². The monoisotopic (exact) mass is 812 g/mol. The first kappa shape index (κ1) is 46.7. The fourth-order valence-corrected chi connectivity index (χ4v) is 5.40. The number of hydrogen-bond acceptors (Lipinski definition) is 13. The van der Waals surface area contributed by atoms with E-state index in [1.165, 1.54) is 18.3 Å². The second-order valence-electron chi connectivity index (χ2n) is 13.1. The molecule has 0 fully saturated rings. The molecule has 2 heterocycles. The average molecular weight is 813 g/mol. The number of aromatic amines is 1. The predicted octanol–water partition coefficient (Wildman–Crippen LogP) is 0.234. The molecule has 9 N–H and O–H groups in total. The highest BCUT2D eigenvalue weighted by Gasteiger charge is 2.30. The molecule has 19 heteroatoms. The van der Waals surface area contributed by atoms with Crippen molar-refractivity contribution in [3.8, 4) is 0 Å². The number of rotatable bonds is 24. The van der Waals surface area contributed by atoms with Gasteiger partial charge in [0.1, 0.15) is 5.82 Å². The van der Waals surface area contributed by atoms with Crippen molar-refractivity contribution in [2.75, 3.05) is 17.6 Å². The Morgan fingerprint density at radius 2 is 1.55 bits per heavy atom. The van der Waals surface area contributed by atoms with Crippen LogP contribution < -0.4 is 38.3 Å². The number of benzene rings is 1. The van der Waals surface area contributed by atoms with Gasteiger partial charge in [0, 0.05) is 48.9 Å². The molecule has 5 atom stereocenters. The summed E-state index contributed by atoms with van der Waals surface area (Å²) in [6.45, 7) is 25.5. The highest BCUT2D eigenvalue weighted by molar-refractivity contribution is 7.80. The summed E-state index contributed by atoms with van der Waals surface area (Å²) >= 11 is 3.98. The van der Waals surface area contributed by atoms with Crippen molar-refractivity contribution in [1.29, 1.82) is 0 Å². The largest absolute Gasteiger partial charge is 0.379 e. The number of amides is 3. The van der Waals surface area contributed by atoms with Crippen LogP contribution in [0.25, 0.3) is 11.2 Å². The van der Waals surface area contributed by atoms with E-state index in [1.54, 1.807) is 25.5 Å². The molecule has 0 aliphatic carbocycles. The van der Waals surface area contributed by atoms with E-state index in [1.807, 2.05) is 0 Å². The SMILES string of the molecule is [CH]C[C@H](NC(=O)c1ccc(NCc2cnc3nc(C)[nH]c(=O)c3n2)cc1)C(=O)C[C@@H]([CH])C(=O)N[C@@H](CCCN=C(N)N)C(=O)C[C@@H]([CH])C(=O)N[C@@H]([CH])C(=O)C[CH]CS. The molecule has 58 heavy (non-hydrogen) atoms. The van der Waals surface area contributed by atoms with Crippen LogP contribution >= 0.6 is 12.6 Å². The molecule has 18 nitrogen and oxygen atoms in total. The number of nitrogens with one attached hydrogen (secondary N) is 5. The highest BCUT2D eigenvalue weighted by Crippen LogP contribution is 2.15. The number of guanidine groups is 1. The fourth-order valence-electron chi connectivity index (χ4n) is 5.27. The molecular formula is C39H46N11O7S. The van der Waals surface area contributed by atoms with Crippen molar-refractivity contribution in [3.05, 3.63) is 92.0 Å². The van der Waals surface area contributed by atoms with E-state index in [0.717, 1.165) is 0 Å². The van der Waals surface area contributed by atoms with Gasteiger partial charge in [-0.15, -0.1) is 0 Å². The summed E-state index contributed by atoms with van der Waals surface area (Å²) in [5, 5.41) is 10.4. The summed E-state index contributed by atoms with van der Waals surface area (Å²) in [7, 11) is 0. The van der Waals surface area contributed by atoms with Crippen molar-refractivity contribution < 1.29 is 28.8 Å². The number of thiol groups is 1. The number of hydrogen-bond donors (Lipinski definition) is 8. The Hall–Kier alpha value is -5.72. The van der Waals surface area contributed by atoms with Crippen molar-refractivity contribution in [3.63, 3.8) is 0 Å². The van der Waals surface area contributed by atoms with Gasteiger partial charge in [-0.3, -0.25) is 38.6 Å². The fraction of sp³-hybridized carbons (Fsp3) is 0.385. The van der Waals surface area contributed by atoms with Gasteiger partial charge in [-0.05, 0) is 90.3 Å². The third-order valence-corrected chi connectivity index (χ3v) is 8.68. The van der Waals surface area contributed by atoms with Gasteiger partial charge in [0.25, 0.3) is 11.5 Å². The summed E-state index contributed by atoms with van der Waals surface area (Å²) in [5.74, 6) is -6.47. The Balaban J connectivity index is 1.56. The quantitative estimate of drug-likeness (QED) is 0.0261. The van der Waals surface area contributed by atoms with Gasteiger partial charge in [0.2, 0.25) is 11.8 Å². The Morgan fingerprint density at radius 3 is 2.17 bits per heavy atom. The molecule has 0 saturated carbocycles. The minimum atomic E-state index is -1.46. The number of aryl methyl sites for hydroxylation is 1. The summed E-state index contributed by atoms with van der Waals surface area (Å²) in [6.07, 6.45) is 1.84. The molecule has 0 unspecified atom stereocenters. The first-order valence-corrected chi connectivity index (χ1v) is 18.7. The summed E-state index contributed by atoms with van der Waals surface area (Å²) in [4.78, 5) is 109. The lowest BCUT2D eigenvalue weighted by Crippen LogP contribution is -2.47. The maximum absolute atomic E-state index is 13.3. The smallest absolute Gasteiger partial charge is 0.279 e. The van der Waals surface area contributed by atoms with Crippen molar-refractivity contribution in [2.45, 2.75) is 70.1 Å².